The molecule has 3 heterocycles. The van der Waals surface area contributed by atoms with E-state index >= 15 is 0 Å². The van der Waals surface area contributed by atoms with Gasteiger partial charge in [-0.25, -0.2) is 22.4 Å². The van der Waals surface area contributed by atoms with Gasteiger partial charge in [-0.15, -0.1) is 10.2 Å². The van der Waals surface area contributed by atoms with Crippen molar-refractivity contribution in [2.45, 2.75) is 6.42 Å². The fourth-order valence-corrected chi connectivity index (χ4v) is 4.27. The summed E-state index contributed by atoms with van der Waals surface area (Å²) in [6.07, 6.45) is 0.952. The fourth-order valence-electron chi connectivity index (χ4n) is 3.27. The molecule has 0 fully saturated rings. The smallest absolute Gasteiger partial charge is 0.245 e. The van der Waals surface area contributed by atoms with Gasteiger partial charge in [0.2, 0.25) is 33.6 Å². The Bertz CT molecular complexity index is 1600. The van der Waals surface area contributed by atoms with Crippen molar-refractivity contribution in [1.82, 2.24) is 29.7 Å². The summed E-state index contributed by atoms with van der Waals surface area (Å²) in [6.45, 7) is 0. The molecule has 0 unspecified atom stereocenters. The summed E-state index contributed by atoms with van der Waals surface area (Å²) in [4.78, 5) is 11.9. The number of halogens is 1. The Labute approximate surface area is 210 Å². The van der Waals surface area contributed by atoms with Crippen molar-refractivity contribution in [3.63, 3.8) is 0 Å². The third-order valence-corrected chi connectivity index (χ3v) is 6.19. The summed E-state index contributed by atoms with van der Waals surface area (Å²) in [6, 6.07) is 12.2. The summed E-state index contributed by atoms with van der Waals surface area (Å²) < 4.78 is 53.1. The van der Waals surface area contributed by atoms with Crippen molar-refractivity contribution in [3.05, 3.63) is 59.7 Å². The maximum atomic E-state index is 13.4. The molecule has 0 radical (unpaired) electrons. The average Bonchev–Trinajstić information content (AvgIpc) is 3.29. The van der Waals surface area contributed by atoms with Crippen LogP contribution in [0.25, 0.3) is 17.2 Å². The maximum Gasteiger partial charge on any atom is 0.245 e. The number of nitriles is 1. The number of benzene rings is 1. The highest BCUT2D eigenvalue weighted by Crippen LogP contribution is 2.34. The molecule has 37 heavy (non-hydrogen) atoms. The van der Waals surface area contributed by atoms with Gasteiger partial charge in [-0.2, -0.15) is 15.2 Å². The Morgan fingerprint density at radius 2 is 2.05 bits per heavy atom. The molecule has 4 aromatic rings. The molecule has 4 rings (SSSR count). The van der Waals surface area contributed by atoms with Gasteiger partial charge in [-0.1, -0.05) is 12.1 Å². The van der Waals surface area contributed by atoms with Crippen LogP contribution in [0, 0.1) is 29.3 Å². The van der Waals surface area contributed by atoms with Crippen molar-refractivity contribution in [2.75, 3.05) is 24.7 Å². The van der Waals surface area contributed by atoms with Gasteiger partial charge < -0.3 is 14.6 Å². The number of nitrogens with zero attached hydrogens (tertiary/aromatic N) is 7. The molecule has 0 aliphatic heterocycles. The van der Waals surface area contributed by atoms with Crippen LogP contribution in [0.4, 0.5) is 10.3 Å². The highest BCUT2D eigenvalue weighted by Gasteiger charge is 2.27. The Kier molecular flexibility index (Phi) is 6.99. The highest BCUT2D eigenvalue weighted by atomic mass is 32.2. The quantitative estimate of drug-likeness (QED) is 0.324. The number of aryl methyl sites for hydroxylation is 1. The van der Waals surface area contributed by atoms with Crippen LogP contribution in [0.5, 0.6) is 17.6 Å². The van der Waals surface area contributed by atoms with Crippen LogP contribution in [0.1, 0.15) is 11.1 Å². The largest absolute Gasteiger partial charge is 0.492 e. The van der Waals surface area contributed by atoms with Gasteiger partial charge in [-0.3, -0.25) is 4.72 Å². The zero-order valence-electron chi connectivity index (χ0n) is 19.3. The topological polar surface area (TPSA) is 178 Å². The van der Waals surface area contributed by atoms with Crippen molar-refractivity contribution < 1.29 is 27.4 Å². The maximum absolute atomic E-state index is 13.4. The van der Waals surface area contributed by atoms with E-state index in [1.54, 1.807) is 0 Å². The van der Waals surface area contributed by atoms with Gasteiger partial charge in [0, 0.05) is 0 Å². The van der Waals surface area contributed by atoms with Gasteiger partial charge in [0.05, 0.1) is 37.7 Å². The Morgan fingerprint density at radius 3 is 2.78 bits per heavy atom. The average molecular weight is 524 g/mol. The van der Waals surface area contributed by atoms with E-state index in [1.807, 2.05) is 6.07 Å². The predicted molar refractivity (Wildman–Crippen MR) is 125 cm³/mol. The SMILES string of the molecule is COc1cc#cc(-c2nnc(NS(=O)(=O)CCc3ccc(F)cc3C#N)n2-c2c(O)ncnc2OC)n1. The van der Waals surface area contributed by atoms with Crippen LogP contribution >= 0.6 is 0 Å². The zero-order chi connectivity index (χ0) is 26.6. The van der Waals surface area contributed by atoms with Crippen molar-refractivity contribution in [1.29, 1.82) is 5.26 Å². The van der Waals surface area contributed by atoms with E-state index < -0.39 is 27.5 Å². The number of hydrogen-bond donors (Lipinski definition) is 2. The first-order valence-electron chi connectivity index (χ1n) is 10.3. The normalized spacial score (nSPS) is 10.9. The molecule has 0 spiro atoms. The monoisotopic (exact) mass is 524 g/mol. The van der Waals surface area contributed by atoms with Gasteiger partial charge >= 0.3 is 0 Å². The minimum Gasteiger partial charge on any atom is -0.492 e. The van der Waals surface area contributed by atoms with Crippen LogP contribution < -0.4 is 14.2 Å². The number of methoxy groups -OCH3 is 2. The molecule has 2 N–H and O–H groups in total. The molecule has 0 amide bonds. The summed E-state index contributed by atoms with van der Waals surface area (Å²) in [5.41, 5.74) is 0.240. The van der Waals surface area contributed by atoms with Crippen molar-refractivity contribution in [2.24, 2.45) is 0 Å². The second kappa shape index (κ2) is 10.3. The number of aromatic hydroxyl groups is 1. The summed E-state index contributed by atoms with van der Waals surface area (Å²) in [7, 11) is -1.43. The number of anilines is 1. The highest BCUT2D eigenvalue weighted by molar-refractivity contribution is 7.92. The lowest BCUT2D eigenvalue weighted by Gasteiger charge is -2.14. The summed E-state index contributed by atoms with van der Waals surface area (Å²) in [5, 5.41) is 27.6. The van der Waals surface area contributed by atoms with E-state index in [9.17, 15) is 23.2 Å². The van der Waals surface area contributed by atoms with E-state index in [2.05, 4.69) is 42.0 Å². The Morgan fingerprint density at radius 1 is 1.24 bits per heavy atom. The third-order valence-electron chi connectivity index (χ3n) is 4.96. The summed E-state index contributed by atoms with van der Waals surface area (Å²) >= 11 is 0. The van der Waals surface area contributed by atoms with E-state index in [1.165, 1.54) is 26.4 Å². The number of ether oxygens (including phenoxy) is 2. The molecule has 0 saturated heterocycles. The van der Waals surface area contributed by atoms with Gasteiger partial charge in [-0.05, 0) is 30.2 Å². The molecular formula is C22H17FN8O5S. The van der Waals surface area contributed by atoms with E-state index in [0.29, 0.717) is 5.56 Å². The lowest BCUT2D eigenvalue weighted by Crippen LogP contribution is -2.21. The molecule has 1 aromatic carbocycles. The predicted octanol–water partition coefficient (Wildman–Crippen LogP) is 1.44. The molecule has 0 aliphatic carbocycles. The molecule has 13 nitrogen and oxygen atoms in total. The Hall–Kier alpha value is -5.02. The molecule has 0 aliphatic rings. The number of rotatable bonds is 9. The summed E-state index contributed by atoms with van der Waals surface area (Å²) in [5.74, 6) is -2.03. The lowest BCUT2D eigenvalue weighted by molar-refractivity contribution is 0.382. The molecule has 0 atom stereocenters. The molecule has 3 aromatic heterocycles. The van der Waals surface area contributed by atoms with Crippen LogP contribution in [0.15, 0.2) is 30.6 Å². The molecule has 0 bridgehead atoms. The molecule has 0 saturated carbocycles. The minimum atomic E-state index is -4.12. The third kappa shape index (κ3) is 5.31. The number of nitrogens with one attached hydrogen (secondary N) is 1. The molecule has 188 valence electrons. The first kappa shape index (κ1) is 25.1. The standard InChI is InChI=1S/C22H17FN8O5S/c1-35-17-5-3-4-16(27-17)19-28-29-22(31(19)18-20(32)25-12-26-21(18)36-2)30-37(33,34)9-8-13-6-7-15(23)10-14(13)11-24/h5-7,10,12H,8-9H2,1-2H3,(H,29,30)(H,25,26,32). The second-order valence-electron chi connectivity index (χ2n) is 7.24. The van der Waals surface area contributed by atoms with Gasteiger partial charge in [0.25, 0.3) is 0 Å². The van der Waals surface area contributed by atoms with Crippen LogP contribution in [-0.2, 0) is 16.4 Å². The first-order chi connectivity index (χ1) is 17.8. The van der Waals surface area contributed by atoms with Crippen molar-refractivity contribution in [3.8, 4) is 40.9 Å². The van der Waals surface area contributed by atoms with Gasteiger partial charge in [0.1, 0.15) is 12.1 Å². The van der Waals surface area contributed by atoms with Crippen LogP contribution in [-0.4, -0.2) is 63.2 Å². The van der Waals surface area contributed by atoms with Crippen LogP contribution in [0.2, 0.25) is 0 Å². The second-order valence-corrected chi connectivity index (χ2v) is 9.08. The Balaban J connectivity index is 1.76. The van der Waals surface area contributed by atoms with Crippen molar-refractivity contribution >= 4 is 16.0 Å². The molecular weight excluding hydrogens is 507 g/mol. The lowest BCUT2D eigenvalue weighted by atomic mass is 10.1. The first-order valence-corrected chi connectivity index (χ1v) is 12.0. The number of aromatic nitrogens is 6. The van der Waals surface area contributed by atoms with E-state index in [4.69, 9.17) is 9.47 Å². The van der Waals surface area contributed by atoms with Gasteiger partial charge in [0.15, 0.2) is 17.2 Å². The fraction of sp³-hybridized carbons (Fsp3) is 0.182. The number of hydrogen-bond acceptors (Lipinski definition) is 11. The zero-order valence-corrected chi connectivity index (χ0v) is 20.1. The molecule has 15 heteroatoms. The van der Waals surface area contributed by atoms with E-state index in [-0.39, 0.29) is 46.9 Å². The minimum absolute atomic E-state index is 0.0210. The van der Waals surface area contributed by atoms with Crippen LogP contribution in [0.3, 0.4) is 0 Å². The number of sulfonamides is 1. The van der Waals surface area contributed by atoms with E-state index in [0.717, 1.165) is 23.0 Å².